The lowest BCUT2D eigenvalue weighted by Gasteiger charge is -2.21. The highest BCUT2D eigenvalue weighted by molar-refractivity contribution is 7.93. The van der Waals surface area contributed by atoms with Gasteiger partial charge in [0.1, 0.15) is 16.5 Å². The molecule has 0 heterocycles. The second kappa shape index (κ2) is 12.6. The first-order valence-electron chi connectivity index (χ1n) is 11.9. The molecule has 3 rings (SSSR count). The third-order valence-corrected chi connectivity index (χ3v) is 7.74. The van der Waals surface area contributed by atoms with E-state index < -0.39 is 33.3 Å². The molecule has 3 aromatic carbocycles. The molecular weight excluding hydrogens is 606 g/mol. The van der Waals surface area contributed by atoms with Crippen LogP contribution in [0.1, 0.15) is 43.6 Å². The second-order valence-electron chi connectivity index (χ2n) is 9.53. The number of anilines is 1. The van der Waals surface area contributed by atoms with Crippen molar-refractivity contribution in [3.63, 3.8) is 0 Å². The van der Waals surface area contributed by atoms with Crippen molar-refractivity contribution in [2.45, 2.75) is 44.6 Å². The third kappa shape index (κ3) is 8.00. The van der Waals surface area contributed by atoms with Gasteiger partial charge in [0.25, 0.3) is 15.9 Å². The Balaban J connectivity index is 2.06. The Hall–Kier alpha value is -3.05. The minimum atomic E-state index is -4.40. The molecule has 1 amide bonds. The summed E-state index contributed by atoms with van der Waals surface area (Å²) >= 11 is 18.6. The fourth-order valence-electron chi connectivity index (χ4n) is 3.46. The predicted molar refractivity (Wildman–Crippen MR) is 153 cm³/mol. The molecule has 3 aromatic rings. The molecule has 0 aromatic heterocycles. The van der Waals surface area contributed by atoms with Crippen molar-refractivity contribution in [2.75, 3.05) is 11.3 Å². The number of sulfonamides is 1. The molecule has 0 aliphatic heterocycles. The Morgan fingerprint density at radius 3 is 2.20 bits per heavy atom. The lowest BCUT2D eigenvalue weighted by Crippen LogP contribution is -2.40. The van der Waals surface area contributed by atoms with Gasteiger partial charge in [0, 0.05) is 22.7 Å². The molecule has 0 aliphatic carbocycles. The number of ether oxygens (including phenoxy) is 2. The fraction of sp³-hybridized carbons (Fsp3) is 0.259. The molecule has 2 N–H and O–H groups in total. The van der Waals surface area contributed by atoms with Crippen LogP contribution in [0.15, 0.2) is 53.4 Å². The molecule has 13 heteroatoms. The van der Waals surface area contributed by atoms with Crippen LogP contribution in [0.2, 0.25) is 15.1 Å². The van der Waals surface area contributed by atoms with Gasteiger partial charge in [0.15, 0.2) is 5.75 Å². The van der Waals surface area contributed by atoms with E-state index in [0.29, 0.717) is 0 Å². The molecule has 40 heavy (non-hydrogen) atoms. The van der Waals surface area contributed by atoms with E-state index in [-0.39, 0.29) is 61.3 Å². The molecule has 0 unspecified atom stereocenters. The first-order chi connectivity index (χ1) is 18.6. The quantitative estimate of drug-likeness (QED) is 0.246. The molecule has 0 saturated heterocycles. The van der Waals surface area contributed by atoms with Gasteiger partial charge in [-0.2, -0.15) is 0 Å². The second-order valence-corrected chi connectivity index (χ2v) is 12.4. The number of carbonyl (C=O) groups excluding carboxylic acids is 2. The predicted octanol–water partition coefficient (Wildman–Crippen LogP) is 7.01. The van der Waals surface area contributed by atoms with Gasteiger partial charge in [-0.3, -0.25) is 14.3 Å². The number of amides is 1. The first kappa shape index (κ1) is 31.5. The molecule has 0 spiro atoms. The highest BCUT2D eigenvalue weighted by atomic mass is 35.5. The molecule has 0 atom stereocenters. The number of carbonyl (C=O) groups is 2. The summed E-state index contributed by atoms with van der Waals surface area (Å²) in [5.74, 6) is -2.19. The monoisotopic (exact) mass is 630 g/mol. The number of hydrogen-bond acceptors (Lipinski definition) is 6. The maximum atomic E-state index is 14.8. The number of esters is 1. The molecule has 0 saturated carbocycles. The van der Waals surface area contributed by atoms with Crippen LogP contribution < -0.4 is 14.8 Å². The van der Waals surface area contributed by atoms with Crippen LogP contribution in [0, 0.1) is 5.82 Å². The topological polar surface area (TPSA) is 111 Å². The summed E-state index contributed by atoms with van der Waals surface area (Å²) in [7, 11) is -4.40. The molecule has 0 aliphatic rings. The van der Waals surface area contributed by atoms with E-state index in [1.54, 1.807) is 27.7 Å². The Morgan fingerprint density at radius 1 is 0.950 bits per heavy atom. The van der Waals surface area contributed by atoms with Crippen molar-refractivity contribution in [3.05, 3.63) is 80.5 Å². The number of hydrogen-bond donors (Lipinski definition) is 2. The van der Waals surface area contributed by atoms with Crippen LogP contribution in [-0.4, -0.2) is 32.4 Å². The minimum Gasteiger partial charge on any atom is -0.466 e. The number of nitrogens with one attached hydrogen (secondary N) is 2. The average molecular weight is 632 g/mol. The zero-order valence-electron chi connectivity index (χ0n) is 21.9. The standard InChI is InChI=1S/C27H26Cl3FN2O6S/c1-5-38-24(34)13-16-11-19(30)23(14-20(16)31)39-22-10-9-15(26(35)32-27(2,3)4)12-21(22)33-40(36,37)25-17(28)7-6-8-18(25)29/h6-12,14,33H,5,13H2,1-4H3,(H,32,35). The Labute approximate surface area is 246 Å². The molecular formula is C27H26Cl3FN2O6S. The van der Waals surface area contributed by atoms with Gasteiger partial charge in [0.05, 0.1) is 33.8 Å². The SMILES string of the molecule is CCOC(=O)Cc1cc(Cl)c(Oc2ccc(C(=O)NC(C)(C)C)cc2NS(=O)(=O)c2c(Cl)cccc2Cl)cc1F. The Kier molecular flexibility index (Phi) is 9.94. The number of benzene rings is 3. The van der Waals surface area contributed by atoms with E-state index >= 15 is 0 Å². The molecule has 0 fully saturated rings. The first-order valence-corrected chi connectivity index (χ1v) is 14.5. The van der Waals surface area contributed by atoms with Crippen LogP contribution in [-0.2, 0) is 26.0 Å². The maximum Gasteiger partial charge on any atom is 0.310 e. The van der Waals surface area contributed by atoms with Crippen molar-refractivity contribution >= 4 is 62.4 Å². The summed E-state index contributed by atoms with van der Waals surface area (Å²) in [6.07, 6.45) is -0.346. The van der Waals surface area contributed by atoms with Gasteiger partial charge in [-0.1, -0.05) is 40.9 Å². The summed E-state index contributed by atoms with van der Waals surface area (Å²) in [6, 6.07) is 10.3. The normalized spacial score (nSPS) is 11.6. The Bertz CT molecular complexity index is 1540. The maximum absolute atomic E-state index is 14.8. The minimum absolute atomic E-state index is 0.0145. The average Bonchev–Trinajstić information content (AvgIpc) is 2.81. The van der Waals surface area contributed by atoms with Gasteiger partial charge in [-0.05, 0) is 64.1 Å². The van der Waals surface area contributed by atoms with Crippen molar-refractivity contribution in [1.82, 2.24) is 5.32 Å². The van der Waals surface area contributed by atoms with Gasteiger partial charge in [-0.15, -0.1) is 0 Å². The van der Waals surface area contributed by atoms with Crippen LogP contribution >= 0.6 is 34.8 Å². The summed E-state index contributed by atoms with van der Waals surface area (Å²) in [5, 5.41) is 2.46. The van der Waals surface area contributed by atoms with E-state index in [4.69, 9.17) is 44.3 Å². The molecule has 214 valence electrons. The van der Waals surface area contributed by atoms with Crippen molar-refractivity contribution in [2.24, 2.45) is 0 Å². The van der Waals surface area contributed by atoms with Crippen LogP contribution in [0.25, 0.3) is 0 Å². The largest absolute Gasteiger partial charge is 0.466 e. The highest BCUT2D eigenvalue weighted by Crippen LogP contribution is 2.38. The van der Waals surface area contributed by atoms with Crippen molar-refractivity contribution in [3.8, 4) is 11.5 Å². The zero-order valence-corrected chi connectivity index (χ0v) is 25.0. The van der Waals surface area contributed by atoms with Crippen LogP contribution in [0.5, 0.6) is 11.5 Å². The number of halogens is 4. The van der Waals surface area contributed by atoms with Gasteiger partial charge >= 0.3 is 5.97 Å². The van der Waals surface area contributed by atoms with E-state index in [9.17, 15) is 22.4 Å². The summed E-state index contributed by atoms with van der Waals surface area (Å²) in [6.45, 7) is 7.12. The lowest BCUT2D eigenvalue weighted by molar-refractivity contribution is -0.142. The van der Waals surface area contributed by atoms with Crippen LogP contribution in [0.4, 0.5) is 10.1 Å². The van der Waals surface area contributed by atoms with E-state index in [0.717, 1.165) is 6.07 Å². The van der Waals surface area contributed by atoms with Crippen molar-refractivity contribution < 1.29 is 31.9 Å². The molecule has 0 radical (unpaired) electrons. The van der Waals surface area contributed by atoms with E-state index in [2.05, 4.69) is 10.0 Å². The third-order valence-electron chi connectivity index (χ3n) is 5.12. The summed E-state index contributed by atoms with van der Waals surface area (Å²) in [4.78, 5) is 24.2. The van der Waals surface area contributed by atoms with Gasteiger partial charge in [-0.25, -0.2) is 12.8 Å². The fourth-order valence-corrected chi connectivity index (χ4v) is 5.89. The number of rotatable bonds is 9. The smallest absolute Gasteiger partial charge is 0.310 e. The van der Waals surface area contributed by atoms with E-state index in [1.807, 2.05) is 0 Å². The van der Waals surface area contributed by atoms with Gasteiger partial charge in [0.2, 0.25) is 0 Å². The molecule has 0 bridgehead atoms. The summed E-state index contributed by atoms with van der Waals surface area (Å²) in [5.41, 5.74) is -0.663. The molecule has 8 nitrogen and oxygen atoms in total. The highest BCUT2D eigenvalue weighted by Gasteiger charge is 2.25. The zero-order chi connectivity index (χ0) is 29.8. The lowest BCUT2D eigenvalue weighted by atomic mass is 10.1. The van der Waals surface area contributed by atoms with Gasteiger partial charge < -0.3 is 14.8 Å². The summed E-state index contributed by atoms with van der Waals surface area (Å²) < 4.78 is 54.4. The van der Waals surface area contributed by atoms with Crippen LogP contribution in [0.3, 0.4) is 0 Å². The Morgan fingerprint density at radius 2 is 1.60 bits per heavy atom. The van der Waals surface area contributed by atoms with E-state index in [1.165, 1.54) is 42.5 Å². The van der Waals surface area contributed by atoms with Crippen molar-refractivity contribution in [1.29, 1.82) is 0 Å².